The zero-order valence-corrected chi connectivity index (χ0v) is 11.4. The first-order valence-electron chi connectivity index (χ1n) is 6.94. The van der Waals surface area contributed by atoms with Gasteiger partial charge in [0.25, 0.3) is 0 Å². The van der Waals surface area contributed by atoms with E-state index in [0.29, 0.717) is 12.1 Å². The van der Waals surface area contributed by atoms with Gasteiger partial charge in [0.15, 0.2) is 0 Å². The number of aromatic nitrogens is 1. The van der Waals surface area contributed by atoms with Crippen LogP contribution in [0.4, 0.5) is 0 Å². The normalized spacial score (nSPS) is 14.5. The van der Waals surface area contributed by atoms with Crippen LogP contribution in [-0.4, -0.2) is 11.0 Å². The third-order valence-electron chi connectivity index (χ3n) is 3.16. The van der Waals surface area contributed by atoms with E-state index in [9.17, 15) is 0 Å². The fourth-order valence-electron chi connectivity index (χ4n) is 2.18. The quantitative estimate of drug-likeness (QED) is 0.732. The van der Waals surface area contributed by atoms with Gasteiger partial charge in [-0.1, -0.05) is 39.2 Å². The predicted octanol–water partition coefficient (Wildman–Crippen LogP) is 4.09. The van der Waals surface area contributed by atoms with Crippen LogP contribution in [-0.2, 0) is 0 Å². The Labute approximate surface area is 106 Å². The molecule has 0 saturated carbocycles. The van der Waals surface area contributed by atoms with E-state index in [1.54, 1.807) is 0 Å². The third kappa shape index (κ3) is 5.31. The van der Waals surface area contributed by atoms with Gasteiger partial charge >= 0.3 is 0 Å². The Morgan fingerprint density at radius 1 is 1.18 bits per heavy atom. The van der Waals surface area contributed by atoms with Crippen molar-refractivity contribution in [3.8, 4) is 0 Å². The summed E-state index contributed by atoms with van der Waals surface area (Å²) < 4.78 is 0. The van der Waals surface area contributed by atoms with Crippen molar-refractivity contribution in [2.45, 2.75) is 65.0 Å². The Hall–Kier alpha value is -0.890. The first-order valence-corrected chi connectivity index (χ1v) is 6.94. The molecule has 0 radical (unpaired) electrons. The van der Waals surface area contributed by atoms with Gasteiger partial charge in [-0.2, -0.15) is 0 Å². The van der Waals surface area contributed by atoms with Crippen molar-refractivity contribution in [3.63, 3.8) is 0 Å². The van der Waals surface area contributed by atoms with Crippen LogP contribution in [0.15, 0.2) is 24.4 Å². The summed E-state index contributed by atoms with van der Waals surface area (Å²) in [6.45, 7) is 6.72. The molecule has 96 valence electrons. The molecule has 0 saturated heterocycles. The number of nitrogens with one attached hydrogen (secondary N) is 1. The molecule has 0 aliphatic heterocycles. The van der Waals surface area contributed by atoms with Crippen molar-refractivity contribution in [1.82, 2.24) is 10.3 Å². The summed E-state index contributed by atoms with van der Waals surface area (Å²) in [5, 5.41) is 3.71. The molecule has 0 fully saturated rings. The summed E-state index contributed by atoms with van der Waals surface area (Å²) in [7, 11) is 0. The molecule has 0 aromatic carbocycles. The summed E-state index contributed by atoms with van der Waals surface area (Å²) in [6, 6.07) is 7.11. The number of hydrogen-bond acceptors (Lipinski definition) is 2. The van der Waals surface area contributed by atoms with Gasteiger partial charge in [0, 0.05) is 18.3 Å². The van der Waals surface area contributed by atoms with Crippen molar-refractivity contribution in [2.24, 2.45) is 0 Å². The average molecular weight is 234 g/mol. The highest BCUT2D eigenvalue weighted by atomic mass is 15.0. The average Bonchev–Trinajstić information content (AvgIpc) is 2.37. The van der Waals surface area contributed by atoms with Gasteiger partial charge in [0.05, 0.1) is 5.69 Å². The van der Waals surface area contributed by atoms with Crippen LogP contribution in [0.5, 0.6) is 0 Å². The lowest BCUT2D eigenvalue weighted by molar-refractivity contribution is 0.392. The Bertz CT molecular complexity index is 284. The second-order valence-corrected chi connectivity index (χ2v) is 4.77. The van der Waals surface area contributed by atoms with Crippen molar-refractivity contribution >= 4 is 0 Å². The standard InChI is InChI=1S/C15H26N2/c1-4-6-10-14(9-5-2)17-13(3)15-11-7-8-12-16-15/h7-8,11-14,17H,4-6,9-10H2,1-3H3. The summed E-state index contributed by atoms with van der Waals surface area (Å²) in [4.78, 5) is 4.41. The topological polar surface area (TPSA) is 24.9 Å². The first-order chi connectivity index (χ1) is 8.27. The lowest BCUT2D eigenvalue weighted by Gasteiger charge is -2.22. The highest BCUT2D eigenvalue weighted by Gasteiger charge is 2.12. The molecular formula is C15H26N2. The van der Waals surface area contributed by atoms with E-state index in [-0.39, 0.29) is 0 Å². The van der Waals surface area contributed by atoms with Crippen LogP contribution < -0.4 is 5.32 Å². The molecule has 0 bridgehead atoms. The van der Waals surface area contributed by atoms with Crippen LogP contribution in [0.2, 0.25) is 0 Å². The Kier molecular flexibility index (Phi) is 6.87. The minimum absolute atomic E-state index is 0.351. The molecule has 1 aromatic heterocycles. The second-order valence-electron chi connectivity index (χ2n) is 4.77. The molecule has 17 heavy (non-hydrogen) atoms. The van der Waals surface area contributed by atoms with Crippen LogP contribution in [0.25, 0.3) is 0 Å². The minimum atomic E-state index is 0.351. The van der Waals surface area contributed by atoms with Gasteiger partial charge in [-0.3, -0.25) is 4.98 Å². The van der Waals surface area contributed by atoms with E-state index >= 15 is 0 Å². The molecule has 2 nitrogen and oxygen atoms in total. The molecule has 2 unspecified atom stereocenters. The Morgan fingerprint density at radius 3 is 2.59 bits per heavy atom. The fraction of sp³-hybridized carbons (Fsp3) is 0.667. The van der Waals surface area contributed by atoms with Gasteiger partial charge in [0.1, 0.15) is 0 Å². The molecular weight excluding hydrogens is 208 g/mol. The number of hydrogen-bond donors (Lipinski definition) is 1. The molecule has 1 heterocycles. The third-order valence-corrected chi connectivity index (χ3v) is 3.16. The Balaban J connectivity index is 2.48. The number of nitrogens with zero attached hydrogens (tertiary/aromatic N) is 1. The number of rotatable bonds is 8. The van der Waals surface area contributed by atoms with Gasteiger partial charge in [-0.25, -0.2) is 0 Å². The molecule has 0 spiro atoms. The second kappa shape index (κ2) is 8.24. The maximum atomic E-state index is 4.41. The Morgan fingerprint density at radius 2 is 2.00 bits per heavy atom. The van der Waals surface area contributed by atoms with E-state index < -0.39 is 0 Å². The highest BCUT2D eigenvalue weighted by molar-refractivity contribution is 5.07. The van der Waals surface area contributed by atoms with E-state index in [4.69, 9.17) is 0 Å². The lowest BCUT2D eigenvalue weighted by atomic mass is 10.0. The highest BCUT2D eigenvalue weighted by Crippen LogP contribution is 2.14. The van der Waals surface area contributed by atoms with E-state index in [1.807, 2.05) is 12.3 Å². The molecule has 1 N–H and O–H groups in total. The largest absolute Gasteiger partial charge is 0.306 e. The van der Waals surface area contributed by atoms with E-state index in [0.717, 1.165) is 5.69 Å². The van der Waals surface area contributed by atoms with Gasteiger partial charge in [-0.05, 0) is 31.9 Å². The lowest BCUT2D eigenvalue weighted by Crippen LogP contribution is -2.31. The van der Waals surface area contributed by atoms with E-state index in [2.05, 4.69) is 43.2 Å². The summed E-state index contributed by atoms with van der Waals surface area (Å²) in [5.41, 5.74) is 1.14. The number of pyridine rings is 1. The monoisotopic (exact) mass is 234 g/mol. The smallest absolute Gasteiger partial charge is 0.0570 e. The van der Waals surface area contributed by atoms with Crippen molar-refractivity contribution in [2.75, 3.05) is 0 Å². The van der Waals surface area contributed by atoms with Crippen molar-refractivity contribution < 1.29 is 0 Å². The van der Waals surface area contributed by atoms with Crippen LogP contribution in [0.3, 0.4) is 0 Å². The zero-order chi connectivity index (χ0) is 12.5. The van der Waals surface area contributed by atoms with Crippen molar-refractivity contribution in [1.29, 1.82) is 0 Å². The van der Waals surface area contributed by atoms with Crippen LogP contribution in [0.1, 0.15) is 64.6 Å². The summed E-state index contributed by atoms with van der Waals surface area (Å²) in [6.07, 6.45) is 8.25. The zero-order valence-electron chi connectivity index (χ0n) is 11.4. The molecule has 2 heteroatoms. The van der Waals surface area contributed by atoms with Gasteiger partial charge in [-0.15, -0.1) is 0 Å². The van der Waals surface area contributed by atoms with Crippen molar-refractivity contribution in [3.05, 3.63) is 30.1 Å². The summed E-state index contributed by atoms with van der Waals surface area (Å²) >= 11 is 0. The maximum Gasteiger partial charge on any atom is 0.0570 e. The fourth-order valence-corrected chi connectivity index (χ4v) is 2.18. The first kappa shape index (κ1) is 14.2. The minimum Gasteiger partial charge on any atom is -0.306 e. The summed E-state index contributed by atoms with van der Waals surface area (Å²) in [5.74, 6) is 0. The molecule has 2 atom stereocenters. The SMILES string of the molecule is CCCCC(CCC)NC(C)c1ccccn1. The van der Waals surface area contributed by atoms with E-state index in [1.165, 1.54) is 32.1 Å². The maximum absolute atomic E-state index is 4.41. The van der Waals surface area contributed by atoms with Crippen LogP contribution >= 0.6 is 0 Å². The molecule has 1 rings (SSSR count). The molecule has 0 aliphatic rings. The predicted molar refractivity (Wildman–Crippen MR) is 74.0 cm³/mol. The molecule has 1 aromatic rings. The molecule has 0 aliphatic carbocycles. The van der Waals surface area contributed by atoms with Crippen LogP contribution in [0, 0.1) is 0 Å². The van der Waals surface area contributed by atoms with Gasteiger partial charge in [0.2, 0.25) is 0 Å². The number of unbranched alkanes of at least 4 members (excludes halogenated alkanes) is 1. The molecule has 0 amide bonds. The van der Waals surface area contributed by atoms with Gasteiger partial charge < -0.3 is 5.32 Å².